The molecule has 1 fully saturated rings. The maximum atomic E-state index is 6.04. The maximum absolute atomic E-state index is 6.04. The third-order valence-corrected chi connectivity index (χ3v) is 3.88. The maximum Gasteiger partial charge on any atom is 0.0973 e. The lowest BCUT2D eigenvalue weighted by Gasteiger charge is -2.24. The Morgan fingerprint density at radius 3 is 2.72 bits per heavy atom. The molecule has 0 amide bonds. The van der Waals surface area contributed by atoms with Gasteiger partial charge in [0, 0.05) is 11.1 Å². The molecule has 3 heteroatoms. The van der Waals surface area contributed by atoms with Crippen molar-refractivity contribution >= 4 is 11.6 Å². The van der Waals surface area contributed by atoms with E-state index in [1.54, 1.807) is 0 Å². The number of hydrogen-bond acceptors (Lipinski definition) is 2. The minimum atomic E-state index is -0.0516. The zero-order valence-electron chi connectivity index (χ0n) is 10.9. The van der Waals surface area contributed by atoms with Crippen molar-refractivity contribution in [2.24, 2.45) is 11.7 Å². The van der Waals surface area contributed by atoms with Crippen molar-refractivity contribution in [3.8, 4) is 0 Å². The highest BCUT2D eigenvalue weighted by molar-refractivity contribution is 6.30. The lowest BCUT2D eigenvalue weighted by atomic mass is 10.0. The van der Waals surface area contributed by atoms with Crippen LogP contribution in [-0.2, 0) is 4.74 Å². The minimum Gasteiger partial charge on any atom is -0.372 e. The molecule has 1 saturated carbocycles. The van der Waals surface area contributed by atoms with Gasteiger partial charge < -0.3 is 10.5 Å². The van der Waals surface area contributed by atoms with Crippen LogP contribution in [0.4, 0.5) is 0 Å². The Bertz CT molecular complexity index is 375. The molecular weight excluding hydrogens is 246 g/mol. The van der Waals surface area contributed by atoms with Gasteiger partial charge in [-0.3, -0.25) is 0 Å². The second-order valence-corrected chi connectivity index (χ2v) is 5.75. The van der Waals surface area contributed by atoms with Crippen LogP contribution in [0.2, 0.25) is 5.02 Å². The van der Waals surface area contributed by atoms with Crippen LogP contribution < -0.4 is 5.73 Å². The first-order chi connectivity index (χ1) is 8.66. The van der Waals surface area contributed by atoms with E-state index in [2.05, 4.69) is 0 Å². The number of nitrogens with two attached hydrogens (primary N) is 1. The van der Waals surface area contributed by atoms with Crippen molar-refractivity contribution in [3.05, 3.63) is 34.9 Å². The molecule has 0 saturated heterocycles. The smallest absolute Gasteiger partial charge is 0.0973 e. The van der Waals surface area contributed by atoms with Gasteiger partial charge >= 0.3 is 0 Å². The fraction of sp³-hybridized carbons (Fsp3) is 0.600. The summed E-state index contributed by atoms with van der Waals surface area (Å²) in [5.74, 6) is 0.713. The molecule has 1 aliphatic rings. The molecule has 1 aromatic rings. The number of hydrogen-bond donors (Lipinski definition) is 1. The predicted molar refractivity (Wildman–Crippen MR) is 75.8 cm³/mol. The van der Waals surface area contributed by atoms with E-state index < -0.39 is 0 Å². The van der Waals surface area contributed by atoms with E-state index in [-0.39, 0.29) is 12.1 Å². The van der Waals surface area contributed by atoms with E-state index in [1.165, 1.54) is 25.7 Å². The molecule has 2 atom stereocenters. The van der Waals surface area contributed by atoms with Crippen molar-refractivity contribution in [2.45, 2.75) is 44.8 Å². The van der Waals surface area contributed by atoms with Crippen LogP contribution in [0.5, 0.6) is 0 Å². The monoisotopic (exact) mass is 267 g/mol. The van der Waals surface area contributed by atoms with E-state index in [0.29, 0.717) is 5.92 Å². The van der Waals surface area contributed by atoms with E-state index in [4.69, 9.17) is 22.1 Å². The van der Waals surface area contributed by atoms with Crippen molar-refractivity contribution in [1.29, 1.82) is 0 Å². The Morgan fingerprint density at radius 2 is 2.11 bits per heavy atom. The van der Waals surface area contributed by atoms with Crippen LogP contribution in [0.1, 0.15) is 44.3 Å². The Hall–Kier alpha value is -0.570. The third kappa shape index (κ3) is 3.71. The number of halogens is 1. The highest BCUT2D eigenvalue weighted by Gasteiger charge is 2.21. The highest BCUT2D eigenvalue weighted by Crippen LogP contribution is 2.29. The van der Waals surface area contributed by atoms with E-state index in [0.717, 1.165) is 17.2 Å². The van der Waals surface area contributed by atoms with Gasteiger partial charge in [-0.15, -0.1) is 0 Å². The zero-order valence-corrected chi connectivity index (χ0v) is 11.7. The molecule has 1 aliphatic carbocycles. The fourth-order valence-corrected chi connectivity index (χ4v) is 2.85. The van der Waals surface area contributed by atoms with Gasteiger partial charge in [0.15, 0.2) is 0 Å². The van der Waals surface area contributed by atoms with Crippen molar-refractivity contribution in [1.82, 2.24) is 0 Å². The quantitative estimate of drug-likeness (QED) is 0.877. The molecule has 1 aromatic carbocycles. The molecule has 2 rings (SSSR count). The number of rotatable bonds is 5. The second kappa shape index (κ2) is 6.55. The van der Waals surface area contributed by atoms with Crippen LogP contribution in [-0.4, -0.2) is 12.6 Å². The van der Waals surface area contributed by atoms with Gasteiger partial charge in [0.05, 0.1) is 12.7 Å². The first-order valence-electron chi connectivity index (χ1n) is 6.79. The molecule has 0 aliphatic heterocycles. The lowest BCUT2D eigenvalue weighted by molar-refractivity contribution is 0.0169. The van der Waals surface area contributed by atoms with E-state index in [9.17, 15) is 0 Å². The molecule has 100 valence electrons. The summed E-state index contributed by atoms with van der Waals surface area (Å²) in [5, 5.41) is 0.739. The second-order valence-electron chi connectivity index (χ2n) is 5.32. The summed E-state index contributed by atoms with van der Waals surface area (Å²) in [4.78, 5) is 0. The van der Waals surface area contributed by atoms with Crippen LogP contribution in [0.3, 0.4) is 0 Å². The fourth-order valence-electron chi connectivity index (χ4n) is 2.65. The Balaban J connectivity index is 1.99. The van der Waals surface area contributed by atoms with Gasteiger partial charge in [-0.25, -0.2) is 0 Å². The van der Waals surface area contributed by atoms with Crippen LogP contribution in [0.25, 0.3) is 0 Å². The Kier molecular flexibility index (Phi) is 5.04. The topological polar surface area (TPSA) is 35.2 Å². The molecule has 0 aromatic heterocycles. The van der Waals surface area contributed by atoms with Crippen LogP contribution >= 0.6 is 11.6 Å². The summed E-state index contributed by atoms with van der Waals surface area (Å²) >= 11 is 6.02. The molecule has 0 bridgehead atoms. The summed E-state index contributed by atoms with van der Waals surface area (Å²) in [6.45, 7) is 2.80. The molecule has 2 unspecified atom stereocenters. The highest BCUT2D eigenvalue weighted by atomic mass is 35.5. The van der Waals surface area contributed by atoms with Gasteiger partial charge in [0.1, 0.15) is 0 Å². The van der Waals surface area contributed by atoms with Gasteiger partial charge in [-0.1, -0.05) is 36.6 Å². The SMILES string of the molecule is CC(N)C(OCC1CCCC1)c1cccc(Cl)c1. The largest absolute Gasteiger partial charge is 0.372 e. The number of ether oxygens (including phenoxy) is 1. The number of benzene rings is 1. The van der Waals surface area contributed by atoms with Crippen LogP contribution in [0.15, 0.2) is 24.3 Å². The molecule has 0 radical (unpaired) electrons. The standard InChI is InChI=1S/C15H22ClNO/c1-11(17)15(13-7-4-8-14(16)9-13)18-10-12-5-2-3-6-12/h4,7-9,11-12,15H,2-3,5-6,10,17H2,1H3. The van der Waals surface area contributed by atoms with Gasteiger partial charge in [0.25, 0.3) is 0 Å². The zero-order chi connectivity index (χ0) is 13.0. The molecule has 0 spiro atoms. The van der Waals surface area contributed by atoms with E-state index >= 15 is 0 Å². The Morgan fingerprint density at radius 1 is 1.39 bits per heavy atom. The van der Waals surface area contributed by atoms with E-state index in [1.807, 2.05) is 31.2 Å². The Labute approximate surface area is 114 Å². The van der Waals surface area contributed by atoms with Crippen molar-refractivity contribution < 1.29 is 4.74 Å². The molecular formula is C15H22ClNO. The first-order valence-corrected chi connectivity index (χ1v) is 7.17. The lowest BCUT2D eigenvalue weighted by Crippen LogP contribution is -2.28. The minimum absolute atomic E-state index is 0.0233. The first kappa shape index (κ1) is 13.9. The van der Waals surface area contributed by atoms with Gasteiger partial charge in [-0.2, -0.15) is 0 Å². The summed E-state index contributed by atoms with van der Waals surface area (Å²) < 4.78 is 6.04. The molecule has 2 nitrogen and oxygen atoms in total. The summed E-state index contributed by atoms with van der Waals surface area (Å²) in [6, 6.07) is 7.79. The van der Waals surface area contributed by atoms with Crippen molar-refractivity contribution in [3.63, 3.8) is 0 Å². The summed E-state index contributed by atoms with van der Waals surface area (Å²) in [6.07, 6.45) is 5.22. The normalized spacial score (nSPS) is 19.9. The molecule has 2 N–H and O–H groups in total. The van der Waals surface area contributed by atoms with Gasteiger partial charge in [-0.05, 0) is 43.4 Å². The van der Waals surface area contributed by atoms with Gasteiger partial charge in [0.2, 0.25) is 0 Å². The third-order valence-electron chi connectivity index (χ3n) is 3.64. The van der Waals surface area contributed by atoms with Crippen molar-refractivity contribution in [2.75, 3.05) is 6.61 Å². The average molecular weight is 268 g/mol. The average Bonchev–Trinajstić information content (AvgIpc) is 2.82. The van der Waals surface area contributed by atoms with Crippen LogP contribution in [0, 0.1) is 5.92 Å². The summed E-state index contributed by atoms with van der Waals surface area (Å²) in [7, 11) is 0. The predicted octanol–water partition coefficient (Wildman–Crippen LogP) is 3.94. The molecule has 0 heterocycles. The summed E-state index contributed by atoms with van der Waals surface area (Å²) in [5.41, 5.74) is 7.11. The molecule has 18 heavy (non-hydrogen) atoms.